The Bertz CT molecular complexity index is 737. The zero-order valence-corrected chi connectivity index (χ0v) is 28.2. The van der Waals surface area contributed by atoms with Gasteiger partial charge in [0.05, 0.1) is 18.8 Å². The highest BCUT2D eigenvalue weighted by atomic mass is 16.3. The van der Waals surface area contributed by atoms with Crippen molar-refractivity contribution in [2.24, 2.45) is 0 Å². The number of allylic oxidation sites excluding steroid dienone is 9. The third-order valence-corrected chi connectivity index (χ3v) is 7.71. The first kappa shape index (κ1) is 41.1. The average Bonchev–Trinajstić information content (AvgIpc) is 3.01. The molecule has 0 fully saturated rings. The van der Waals surface area contributed by atoms with Crippen LogP contribution in [0.2, 0.25) is 0 Å². The molecule has 0 aromatic heterocycles. The van der Waals surface area contributed by atoms with Gasteiger partial charge in [-0.25, -0.2) is 0 Å². The molecule has 0 aromatic carbocycles. The number of rotatable bonds is 31. The molecule has 43 heavy (non-hydrogen) atoms. The van der Waals surface area contributed by atoms with Gasteiger partial charge in [0, 0.05) is 6.42 Å². The molecule has 4 heteroatoms. The maximum atomic E-state index is 12.3. The van der Waals surface area contributed by atoms with E-state index in [4.69, 9.17) is 0 Å². The first-order chi connectivity index (χ1) is 21.2. The van der Waals surface area contributed by atoms with Gasteiger partial charge < -0.3 is 15.5 Å². The van der Waals surface area contributed by atoms with Crippen molar-refractivity contribution in [2.75, 3.05) is 6.61 Å². The second-order valence-electron chi connectivity index (χ2n) is 11.9. The summed E-state index contributed by atoms with van der Waals surface area (Å²) in [6, 6.07) is -0.646. The van der Waals surface area contributed by atoms with Gasteiger partial charge >= 0.3 is 0 Å². The molecule has 0 heterocycles. The lowest BCUT2D eigenvalue weighted by molar-refractivity contribution is -0.123. The fourth-order valence-corrected chi connectivity index (χ4v) is 4.95. The molecule has 0 radical (unpaired) electrons. The first-order valence-corrected chi connectivity index (χ1v) is 18.0. The second-order valence-corrected chi connectivity index (χ2v) is 11.9. The lowest BCUT2D eigenvalue weighted by atomic mass is 10.1. The predicted octanol–water partition coefficient (Wildman–Crippen LogP) is 10.6. The van der Waals surface area contributed by atoms with Gasteiger partial charge in [0.25, 0.3) is 0 Å². The number of nitrogens with one attached hydrogen (secondary N) is 1. The van der Waals surface area contributed by atoms with E-state index < -0.39 is 12.1 Å². The van der Waals surface area contributed by atoms with Crippen LogP contribution in [0, 0.1) is 0 Å². The molecule has 0 aliphatic rings. The summed E-state index contributed by atoms with van der Waals surface area (Å²) in [4.78, 5) is 12.3. The van der Waals surface area contributed by atoms with Crippen LogP contribution in [0.4, 0.5) is 0 Å². The summed E-state index contributed by atoms with van der Waals surface area (Å²) >= 11 is 0. The van der Waals surface area contributed by atoms with Gasteiger partial charge in [0.15, 0.2) is 0 Å². The van der Waals surface area contributed by atoms with Crippen LogP contribution in [-0.2, 0) is 4.79 Å². The molecule has 4 nitrogen and oxygen atoms in total. The first-order valence-electron chi connectivity index (χ1n) is 18.0. The van der Waals surface area contributed by atoms with E-state index in [1.165, 1.54) is 89.9 Å². The maximum absolute atomic E-state index is 12.3. The lowest BCUT2D eigenvalue weighted by Crippen LogP contribution is -2.45. The van der Waals surface area contributed by atoms with Crippen LogP contribution in [0.25, 0.3) is 0 Å². The Morgan fingerprint density at radius 2 is 1.05 bits per heavy atom. The number of carbonyl (C=O) groups excluding carboxylic acids is 1. The highest BCUT2D eigenvalue weighted by molar-refractivity contribution is 5.76. The van der Waals surface area contributed by atoms with Crippen molar-refractivity contribution in [3.05, 3.63) is 60.8 Å². The molecule has 0 saturated carbocycles. The van der Waals surface area contributed by atoms with Crippen molar-refractivity contribution in [1.82, 2.24) is 5.32 Å². The van der Waals surface area contributed by atoms with Gasteiger partial charge in [-0.2, -0.15) is 0 Å². The third-order valence-electron chi connectivity index (χ3n) is 7.71. The Morgan fingerprint density at radius 1 is 0.581 bits per heavy atom. The largest absolute Gasteiger partial charge is 0.394 e. The van der Waals surface area contributed by atoms with Gasteiger partial charge in [-0.3, -0.25) is 4.79 Å². The van der Waals surface area contributed by atoms with E-state index in [2.05, 4.69) is 67.8 Å². The average molecular weight is 600 g/mol. The summed E-state index contributed by atoms with van der Waals surface area (Å²) in [6.07, 6.45) is 47.4. The summed E-state index contributed by atoms with van der Waals surface area (Å²) in [5.74, 6) is -0.0885. The molecule has 0 saturated heterocycles. The Morgan fingerprint density at radius 3 is 1.58 bits per heavy atom. The summed E-state index contributed by atoms with van der Waals surface area (Å²) in [6.45, 7) is 4.14. The van der Waals surface area contributed by atoms with Gasteiger partial charge in [-0.15, -0.1) is 0 Å². The van der Waals surface area contributed by atoms with E-state index >= 15 is 0 Å². The van der Waals surface area contributed by atoms with E-state index in [0.29, 0.717) is 6.42 Å². The summed E-state index contributed by atoms with van der Waals surface area (Å²) in [7, 11) is 0. The van der Waals surface area contributed by atoms with Gasteiger partial charge in [0.2, 0.25) is 5.91 Å². The summed E-state index contributed by atoms with van der Waals surface area (Å²) in [5, 5.41) is 22.8. The minimum absolute atomic E-state index is 0.0885. The van der Waals surface area contributed by atoms with E-state index in [9.17, 15) is 15.0 Å². The van der Waals surface area contributed by atoms with Gasteiger partial charge in [-0.1, -0.05) is 145 Å². The Labute approximate surface area is 266 Å². The zero-order valence-electron chi connectivity index (χ0n) is 28.2. The van der Waals surface area contributed by atoms with Crippen LogP contribution in [0.1, 0.15) is 162 Å². The van der Waals surface area contributed by atoms with Crippen molar-refractivity contribution in [3.8, 4) is 0 Å². The molecule has 0 aliphatic heterocycles. The molecule has 1 amide bonds. The van der Waals surface area contributed by atoms with Crippen molar-refractivity contribution < 1.29 is 15.0 Å². The van der Waals surface area contributed by atoms with Crippen LogP contribution >= 0.6 is 0 Å². The molecule has 248 valence electrons. The number of aliphatic hydroxyl groups excluding tert-OH is 2. The van der Waals surface area contributed by atoms with Crippen molar-refractivity contribution in [1.29, 1.82) is 0 Å². The second kappa shape index (κ2) is 34.6. The molecule has 0 spiro atoms. The quantitative estimate of drug-likeness (QED) is 0.0548. The minimum Gasteiger partial charge on any atom is -0.394 e. The van der Waals surface area contributed by atoms with E-state index in [1.54, 1.807) is 6.08 Å². The van der Waals surface area contributed by atoms with Gasteiger partial charge in [-0.05, 0) is 70.6 Å². The van der Waals surface area contributed by atoms with E-state index in [-0.39, 0.29) is 12.5 Å². The SMILES string of the molecule is CC/C=C/CC/C=C/CC/C=C/C(O)C(CO)NC(=O)CCCCCCCCCCC/C=C\C/C=C\CCCCCCC. The monoisotopic (exact) mass is 600 g/mol. The Hall–Kier alpha value is -1.91. The smallest absolute Gasteiger partial charge is 0.220 e. The van der Waals surface area contributed by atoms with Gasteiger partial charge in [0.1, 0.15) is 0 Å². The maximum Gasteiger partial charge on any atom is 0.220 e. The van der Waals surface area contributed by atoms with Crippen LogP contribution in [0.3, 0.4) is 0 Å². The van der Waals surface area contributed by atoms with Crippen LogP contribution in [-0.4, -0.2) is 34.9 Å². The molecule has 0 aliphatic carbocycles. The van der Waals surface area contributed by atoms with Crippen LogP contribution in [0.15, 0.2) is 60.8 Å². The number of carbonyl (C=O) groups is 1. The Balaban J connectivity index is 3.64. The van der Waals surface area contributed by atoms with Crippen molar-refractivity contribution in [3.63, 3.8) is 0 Å². The number of hydrogen-bond donors (Lipinski definition) is 3. The van der Waals surface area contributed by atoms with Crippen LogP contribution < -0.4 is 5.32 Å². The standard InChI is InChI=1S/C39H69NO3/c1-3-5-7-9-11-13-15-16-17-18-19-20-21-22-23-24-25-27-29-31-33-35-39(43)40-37(36-41)38(42)34-32-30-28-26-14-12-10-8-6-4-2/h6,8,14-16,18-19,26,32,34,37-38,41-42H,3-5,7,9-13,17,20-25,27-31,33,35-36H2,1-2H3,(H,40,43)/b8-6+,16-15-,19-18-,26-14+,34-32+. The minimum atomic E-state index is -0.870. The third kappa shape index (κ3) is 31.3. The summed E-state index contributed by atoms with van der Waals surface area (Å²) in [5.41, 5.74) is 0. The number of unbranched alkanes of at least 4 members (excludes halogenated alkanes) is 16. The predicted molar refractivity (Wildman–Crippen MR) is 188 cm³/mol. The highest BCUT2D eigenvalue weighted by Crippen LogP contribution is 2.12. The topological polar surface area (TPSA) is 69.6 Å². The molecule has 3 N–H and O–H groups in total. The van der Waals surface area contributed by atoms with Crippen molar-refractivity contribution >= 4 is 5.91 Å². The number of hydrogen-bond acceptors (Lipinski definition) is 3. The van der Waals surface area contributed by atoms with E-state index in [1.807, 2.05) is 6.08 Å². The normalized spacial score (nSPS) is 13.9. The lowest BCUT2D eigenvalue weighted by Gasteiger charge is -2.19. The Kier molecular flexibility index (Phi) is 33.0. The molecule has 2 unspecified atom stereocenters. The summed E-state index contributed by atoms with van der Waals surface area (Å²) < 4.78 is 0. The molecular formula is C39H69NO3. The number of amides is 1. The molecular weight excluding hydrogens is 530 g/mol. The number of aliphatic hydroxyl groups is 2. The highest BCUT2D eigenvalue weighted by Gasteiger charge is 2.17. The molecule has 2 atom stereocenters. The fourth-order valence-electron chi connectivity index (χ4n) is 4.95. The van der Waals surface area contributed by atoms with Crippen molar-refractivity contribution in [2.45, 2.75) is 174 Å². The fraction of sp³-hybridized carbons (Fsp3) is 0.718. The zero-order chi connectivity index (χ0) is 31.5. The molecule has 0 bridgehead atoms. The molecule has 0 aromatic rings. The van der Waals surface area contributed by atoms with Crippen LogP contribution in [0.5, 0.6) is 0 Å². The van der Waals surface area contributed by atoms with E-state index in [0.717, 1.165) is 51.4 Å². The molecule has 0 rings (SSSR count).